The zero-order valence-electron chi connectivity index (χ0n) is 14.0. The third-order valence-electron chi connectivity index (χ3n) is 4.35. The van der Waals surface area contributed by atoms with Gasteiger partial charge in [-0.3, -0.25) is 9.59 Å². The van der Waals surface area contributed by atoms with Gasteiger partial charge in [0.15, 0.2) is 10.4 Å². The molecule has 1 aromatic heterocycles. The first-order chi connectivity index (χ1) is 13.0. The SMILES string of the molecule is O=C(Nc1cccc(C(=O)N2CCc3ccc(F)cc32)c1)c1ccc(Br)o1. The van der Waals surface area contributed by atoms with Crippen molar-refractivity contribution in [2.45, 2.75) is 6.42 Å². The van der Waals surface area contributed by atoms with Gasteiger partial charge in [0.05, 0.1) is 5.69 Å². The maximum Gasteiger partial charge on any atom is 0.291 e. The highest BCUT2D eigenvalue weighted by molar-refractivity contribution is 9.10. The molecule has 27 heavy (non-hydrogen) atoms. The average molecular weight is 429 g/mol. The summed E-state index contributed by atoms with van der Waals surface area (Å²) < 4.78 is 19.2. The molecule has 7 heteroatoms. The van der Waals surface area contributed by atoms with E-state index >= 15 is 0 Å². The number of benzene rings is 2. The van der Waals surface area contributed by atoms with Crippen molar-refractivity contribution in [2.24, 2.45) is 0 Å². The lowest BCUT2D eigenvalue weighted by Crippen LogP contribution is -2.29. The summed E-state index contributed by atoms with van der Waals surface area (Å²) in [7, 11) is 0. The molecule has 5 nitrogen and oxygen atoms in total. The first-order valence-corrected chi connectivity index (χ1v) is 9.07. The van der Waals surface area contributed by atoms with E-state index in [9.17, 15) is 14.0 Å². The molecule has 2 heterocycles. The number of anilines is 2. The summed E-state index contributed by atoms with van der Waals surface area (Å²) in [5.74, 6) is -0.878. The minimum Gasteiger partial charge on any atom is -0.444 e. The standard InChI is InChI=1S/C20H14BrFN2O3/c21-18-7-6-17(27-18)19(25)23-15-3-1-2-13(10-15)20(26)24-9-8-12-4-5-14(22)11-16(12)24/h1-7,10-11H,8-9H2,(H,23,25). The molecule has 0 bridgehead atoms. The topological polar surface area (TPSA) is 62.6 Å². The summed E-state index contributed by atoms with van der Waals surface area (Å²) in [6, 6.07) is 14.3. The molecule has 2 aromatic carbocycles. The molecule has 0 unspecified atom stereocenters. The molecule has 0 spiro atoms. The number of fused-ring (bicyclic) bond motifs is 1. The van der Waals surface area contributed by atoms with E-state index in [2.05, 4.69) is 21.2 Å². The second-order valence-corrected chi connectivity index (χ2v) is 6.90. The number of rotatable bonds is 3. The van der Waals surface area contributed by atoms with Gasteiger partial charge in [-0.25, -0.2) is 4.39 Å². The van der Waals surface area contributed by atoms with Crippen LogP contribution in [0.1, 0.15) is 26.5 Å². The summed E-state index contributed by atoms with van der Waals surface area (Å²) >= 11 is 3.15. The molecule has 2 amide bonds. The number of nitrogens with one attached hydrogen (secondary N) is 1. The molecular weight excluding hydrogens is 415 g/mol. The monoisotopic (exact) mass is 428 g/mol. The molecule has 1 aliphatic rings. The summed E-state index contributed by atoms with van der Waals surface area (Å²) in [4.78, 5) is 26.7. The van der Waals surface area contributed by atoms with Crippen LogP contribution in [0.15, 0.2) is 63.7 Å². The summed E-state index contributed by atoms with van der Waals surface area (Å²) in [6.45, 7) is 0.495. The zero-order valence-corrected chi connectivity index (χ0v) is 15.6. The molecule has 4 rings (SSSR count). The lowest BCUT2D eigenvalue weighted by Gasteiger charge is -2.18. The van der Waals surface area contributed by atoms with Crippen LogP contribution in [-0.4, -0.2) is 18.4 Å². The Labute approximate surface area is 162 Å². The van der Waals surface area contributed by atoms with Gasteiger partial charge < -0.3 is 14.6 Å². The van der Waals surface area contributed by atoms with Crippen LogP contribution in [0.4, 0.5) is 15.8 Å². The summed E-state index contributed by atoms with van der Waals surface area (Å²) in [6.07, 6.45) is 0.686. The lowest BCUT2D eigenvalue weighted by molar-refractivity contribution is 0.0982. The third kappa shape index (κ3) is 3.50. The van der Waals surface area contributed by atoms with Crippen molar-refractivity contribution in [3.8, 4) is 0 Å². The number of hydrogen-bond donors (Lipinski definition) is 1. The molecule has 1 aliphatic heterocycles. The van der Waals surface area contributed by atoms with Crippen molar-refractivity contribution in [2.75, 3.05) is 16.8 Å². The largest absolute Gasteiger partial charge is 0.444 e. The Kier molecular flexibility index (Phi) is 4.53. The van der Waals surface area contributed by atoms with E-state index in [0.717, 1.165) is 5.56 Å². The van der Waals surface area contributed by atoms with Gasteiger partial charge in [-0.05, 0) is 70.4 Å². The highest BCUT2D eigenvalue weighted by atomic mass is 79.9. The Morgan fingerprint density at radius 1 is 1.11 bits per heavy atom. The number of nitrogens with zero attached hydrogens (tertiary/aromatic N) is 1. The predicted molar refractivity (Wildman–Crippen MR) is 103 cm³/mol. The molecule has 0 fully saturated rings. The predicted octanol–water partition coefficient (Wildman–Crippen LogP) is 4.64. The Morgan fingerprint density at radius 2 is 1.96 bits per heavy atom. The number of furan rings is 1. The molecule has 0 saturated heterocycles. The highest BCUT2D eigenvalue weighted by Crippen LogP contribution is 2.30. The fourth-order valence-electron chi connectivity index (χ4n) is 3.08. The molecule has 1 N–H and O–H groups in total. The summed E-state index contributed by atoms with van der Waals surface area (Å²) in [5, 5.41) is 2.70. The molecule has 0 aliphatic carbocycles. The van der Waals surface area contributed by atoms with Crippen LogP contribution in [0.25, 0.3) is 0 Å². The fourth-order valence-corrected chi connectivity index (χ4v) is 3.38. The molecule has 0 atom stereocenters. The van der Waals surface area contributed by atoms with Crippen molar-refractivity contribution in [3.05, 3.63) is 82.0 Å². The average Bonchev–Trinajstić information content (AvgIpc) is 3.27. The Balaban J connectivity index is 1.55. The number of carbonyl (C=O) groups excluding carboxylic acids is 2. The van der Waals surface area contributed by atoms with Gasteiger partial charge >= 0.3 is 0 Å². The maximum absolute atomic E-state index is 13.6. The number of halogens is 2. The Morgan fingerprint density at radius 3 is 2.74 bits per heavy atom. The van der Waals surface area contributed by atoms with Gasteiger partial charge in [-0.1, -0.05) is 12.1 Å². The second-order valence-electron chi connectivity index (χ2n) is 6.12. The number of hydrogen-bond acceptors (Lipinski definition) is 3. The highest BCUT2D eigenvalue weighted by Gasteiger charge is 2.26. The minimum absolute atomic E-state index is 0.155. The first-order valence-electron chi connectivity index (χ1n) is 8.28. The van der Waals surface area contributed by atoms with Gasteiger partial charge in [-0.2, -0.15) is 0 Å². The van der Waals surface area contributed by atoms with Crippen molar-refractivity contribution < 1.29 is 18.4 Å². The fraction of sp³-hybridized carbons (Fsp3) is 0.100. The van der Waals surface area contributed by atoms with Crippen LogP contribution in [0.3, 0.4) is 0 Å². The van der Waals surface area contributed by atoms with E-state index < -0.39 is 5.91 Å². The van der Waals surface area contributed by atoms with Crippen molar-refractivity contribution in [1.82, 2.24) is 0 Å². The van der Waals surface area contributed by atoms with Crippen molar-refractivity contribution in [1.29, 1.82) is 0 Å². The van der Waals surface area contributed by atoms with Crippen LogP contribution < -0.4 is 10.2 Å². The van der Waals surface area contributed by atoms with Crippen LogP contribution >= 0.6 is 15.9 Å². The van der Waals surface area contributed by atoms with Gasteiger partial charge in [0.1, 0.15) is 5.82 Å². The third-order valence-corrected chi connectivity index (χ3v) is 4.78. The van der Waals surface area contributed by atoms with E-state index in [1.165, 1.54) is 12.1 Å². The molecule has 3 aromatic rings. The van der Waals surface area contributed by atoms with E-state index in [0.29, 0.717) is 34.6 Å². The quantitative estimate of drug-likeness (QED) is 0.660. The van der Waals surface area contributed by atoms with Crippen LogP contribution in [0, 0.1) is 5.82 Å². The van der Waals surface area contributed by atoms with Crippen molar-refractivity contribution in [3.63, 3.8) is 0 Å². The zero-order chi connectivity index (χ0) is 19.0. The van der Waals surface area contributed by atoms with Gasteiger partial charge in [0.2, 0.25) is 0 Å². The van der Waals surface area contributed by atoms with Crippen molar-refractivity contribution >= 4 is 39.1 Å². The minimum atomic E-state index is -0.418. The van der Waals surface area contributed by atoms with E-state index in [1.807, 2.05) is 0 Å². The van der Waals surface area contributed by atoms with E-state index in [1.54, 1.807) is 47.4 Å². The van der Waals surface area contributed by atoms with Crippen LogP contribution in [0.5, 0.6) is 0 Å². The van der Waals surface area contributed by atoms with Gasteiger partial charge in [0, 0.05) is 17.8 Å². The molecule has 136 valence electrons. The normalized spacial score (nSPS) is 12.7. The molecule has 0 saturated carbocycles. The van der Waals surface area contributed by atoms with Crippen LogP contribution in [-0.2, 0) is 6.42 Å². The molecular formula is C20H14BrFN2O3. The van der Waals surface area contributed by atoms with E-state index in [-0.39, 0.29) is 17.5 Å². The summed E-state index contributed by atoms with van der Waals surface area (Å²) in [5.41, 5.74) is 2.41. The molecule has 0 radical (unpaired) electrons. The first kappa shape index (κ1) is 17.5. The van der Waals surface area contributed by atoms with Crippen LogP contribution in [0.2, 0.25) is 0 Å². The Hall–Kier alpha value is -2.93. The number of amides is 2. The Bertz CT molecular complexity index is 1050. The van der Waals surface area contributed by atoms with E-state index in [4.69, 9.17) is 4.42 Å². The van der Waals surface area contributed by atoms with Gasteiger partial charge in [-0.15, -0.1) is 0 Å². The lowest BCUT2D eigenvalue weighted by atomic mass is 10.1. The smallest absolute Gasteiger partial charge is 0.291 e. The maximum atomic E-state index is 13.6. The number of carbonyl (C=O) groups is 2. The second kappa shape index (κ2) is 7.00. The van der Waals surface area contributed by atoms with Gasteiger partial charge in [0.25, 0.3) is 11.8 Å².